The standard InChI is InChI=1S/C19H17ClN4O/c1-13-7-8-15(20)11-17(13)23-18(25)16-9-10-21-19(24-16)22-12-14-5-3-2-4-6-14/h2-11H,12H2,1H3,(H,23,25)(H,21,22,24). The van der Waals surface area contributed by atoms with Gasteiger partial charge in [-0.25, -0.2) is 9.97 Å². The SMILES string of the molecule is Cc1ccc(Cl)cc1NC(=O)c1ccnc(NCc2ccccc2)n1. The second-order valence-electron chi connectivity index (χ2n) is 5.52. The fourth-order valence-corrected chi connectivity index (χ4v) is 2.43. The van der Waals surface area contributed by atoms with E-state index in [0.717, 1.165) is 11.1 Å². The van der Waals surface area contributed by atoms with E-state index >= 15 is 0 Å². The Morgan fingerprint density at radius 2 is 1.92 bits per heavy atom. The highest BCUT2D eigenvalue weighted by molar-refractivity contribution is 6.31. The minimum absolute atomic E-state index is 0.282. The Balaban J connectivity index is 1.70. The zero-order valence-electron chi connectivity index (χ0n) is 13.7. The van der Waals surface area contributed by atoms with Gasteiger partial charge in [0.1, 0.15) is 5.69 Å². The minimum Gasteiger partial charge on any atom is -0.350 e. The van der Waals surface area contributed by atoms with Crippen molar-refractivity contribution in [3.8, 4) is 0 Å². The number of anilines is 2. The average Bonchev–Trinajstić information content (AvgIpc) is 2.64. The highest BCUT2D eigenvalue weighted by Crippen LogP contribution is 2.20. The van der Waals surface area contributed by atoms with Gasteiger partial charge < -0.3 is 10.6 Å². The van der Waals surface area contributed by atoms with Crippen molar-refractivity contribution in [3.05, 3.63) is 82.6 Å². The molecule has 2 N–H and O–H groups in total. The highest BCUT2D eigenvalue weighted by Gasteiger charge is 2.11. The molecule has 3 aromatic rings. The van der Waals surface area contributed by atoms with Gasteiger partial charge in [-0.1, -0.05) is 48.0 Å². The number of aryl methyl sites for hydroxylation is 1. The van der Waals surface area contributed by atoms with E-state index in [4.69, 9.17) is 11.6 Å². The van der Waals surface area contributed by atoms with Crippen LogP contribution in [0.1, 0.15) is 21.6 Å². The third-order valence-corrected chi connectivity index (χ3v) is 3.86. The van der Waals surface area contributed by atoms with Gasteiger partial charge in [-0.3, -0.25) is 4.79 Å². The zero-order valence-corrected chi connectivity index (χ0v) is 14.4. The lowest BCUT2D eigenvalue weighted by molar-refractivity contribution is 0.102. The van der Waals surface area contributed by atoms with E-state index < -0.39 is 0 Å². The van der Waals surface area contributed by atoms with Crippen molar-refractivity contribution in [2.45, 2.75) is 13.5 Å². The molecule has 0 radical (unpaired) electrons. The molecule has 0 atom stereocenters. The van der Waals surface area contributed by atoms with Gasteiger partial charge in [-0.2, -0.15) is 0 Å². The van der Waals surface area contributed by atoms with Gasteiger partial charge >= 0.3 is 0 Å². The largest absolute Gasteiger partial charge is 0.350 e. The molecule has 0 unspecified atom stereocenters. The van der Waals surface area contributed by atoms with Gasteiger partial charge in [0, 0.05) is 23.5 Å². The first-order chi connectivity index (χ1) is 12.1. The molecule has 2 aromatic carbocycles. The Labute approximate surface area is 151 Å². The number of aromatic nitrogens is 2. The van der Waals surface area contributed by atoms with Crippen LogP contribution in [-0.2, 0) is 6.54 Å². The summed E-state index contributed by atoms with van der Waals surface area (Å²) in [6, 6.07) is 16.8. The molecule has 0 saturated carbocycles. The number of rotatable bonds is 5. The smallest absolute Gasteiger partial charge is 0.274 e. The third kappa shape index (κ3) is 4.55. The second kappa shape index (κ2) is 7.77. The van der Waals surface area contributed by atoms with Crippen LogP contribution >= 0.6 is 11.6 Å². The Morgan fingerprint density at radius 1 is 1.12 bits per heavy atom. The molecule has 126 valence electrons. The zero-order chi connectivity index (χ0) is 17.6. The maximum atomic E-state index is 12.4. The van der Waals surface area contributed by atoms with Crippen molar-refractivity contribution in [1.29, 1.82) is 0 Å². The molecule has 0 spiro atoms. The molecule has 25 heavy (non-hydrogen) atoms. The summed E-state index contributed by atoms with van der Waals surface area (Å²) in [5, 5.41) is 6.51. The van der Waals surface area contributed by atoms with E-state index in [1.54, 1.807) is 24.4 Å². The Morgan fingerprint density at radius 3 is 2.72 bits per heavy atom. The molecule has 0 saturated heterocycles. The lowest BCUT2D eigenvalue weighted by atomic mass is 10.2. The van der Waals surface area contributed by atoms with Crippen LogP contribution in [0.4, 0.5) is 11.6 Å². The molecule has 1 amide bonds. The molecule has 3 rings (SSSR count). The summed E-state index contributed by atoms with van der Waals surface area (Å²) in [5.41, 5.74) is 2.98. The van der Waals surface area contributed by atoms with Crippen LogP contribution in [0.15, 0.2) is 60.8 Å². The van der Waals surface area contributed by atoms with E-state index in [1.165, 1.54) is 0 Å². The molecule has 0 bridgehead atoms. The number of halogens is 1. The summed E-state index contributed by atoms with van der Waals surface area (Å²) >= 11 is 5.98. The first-order valence-corrected chi connectivity index (χ1v) is 8.18. The first kappa shape index (κ1) is 16.9. The van der Waals surface area contributed by atoms with E-state index in [0.29, 0.717) is 23.2 Å². The first-order valence-electron chi connectivity index (χ1n) is 7.80. The van der Waals surface area contributed by atoms with Gasteiger partial charge in [0.2, 0.25) is 5.95 Å². The second-order valence-corrected chi connectivity index (χ2v) is 5.95. The van der Waals surface area contributed by atoms with Crippen LogP contribution in [0.3, 0.4) is 0 Å². The molecule has 0 aliphatic heterocycles. The van der Waals surface area contributed by atoms with Gasteiger partial charge in [0.05, 0.1) is 0 Å². The number of nitrogens with one attached hydrogen (secondary N) is 2. The lowest BCUT2D eigenvalue weighted by Crippen LogP contribution is -2.16. The fraction of sp³-hybridized carbons (Fsp3) is 0.105. The number of hydrogen-bond donors (Lipinski definition) is 2. The van der Waals surface area contributed by atoms with Crippen LogP contribution in [0, 0.1) is 6.92 Å². The Kier molecular flexibility index (Phi) is 5.26. The maximum Gasteiger partial charge on any atom is 0.274 e. The summed E-state index contributed by atoms with van der Waals surface area (Å²) in [5.74, 6) is 0.0925. The summed E-state index contributed by atoms with van der Waals surface area (Å²) in [4.78, 5) is 20.9. The van der Waals surface area contributed by atoms with Gasteiger partial charge in [-0.05, 0) is 36.2 Å². The van der Waals surface area contributed by atoms with Crippen LogP contribution < -0.4 is 10.6 Å². The topological polar surface area (TPSA) is 66.9 Å². The quantitative estimate of drug-likeness (QED) is 0.718. The highest BCUT2D eigenvalue weighted by atomic mass is 35.5. The molecule has 0 aliphatic rings. The summed E-state index contributed by atoms with van der Waals surface area (Å²) in [6.45, 7) is 2.48. The predicted molar refractivity (Wildman–Crippen MR) is 99.9 cm³/mol. The molecular weight excluding hydrogens is 336 g/mol. The number of hydrogen-bond acceptors (Lipinski definition) is 4. The number of amides is 1. The Bertz CT molecular complexity index is 884. The molecule has 1 heterocycles. The van der Waals surface area contributed by atoms with Crippen LogP contribution in [0.5, 0.6) is 0 Å². The third-order valence-electron chi connectivity index (χ3n) is 3.63. The van der Waals surface area contributed by atoms with Gasteiger partial charge in [-0.15, -0.1) is 0 Å². The van der Waals surface area contributed by atoms with Crippen LogP contribution in [0.25, 0.3) is 0 Å². The normalized spacial score (nSPS) is 10.3. The maximum absolute atomic E-state index is 12.4. The molecule has 0 fully saturated rings. The van der Waals surface area contributed by atoms with Crippen molar-refractivity contribution < 1.29 is 4.79 Å². The monoisotopic (exact) mass is 352 g/mol. The van der Waals surface area contributed by atoms with Gasteiger partial charge in [0.15, 0.2) is 0 Å². The van der Waals surface area contributed by atoms with Crippen LogP contribution in [-0.4, -0.2) is 15.9 Å². The summed E-state index contributed by atoms with van der Waals surface area (Å²) < 4.78 is 0. The number of carbonyl (C=O) groups is 1. The van der Waals surface area contributed by atoms with E-state index in [1.807, 2.05) is 43.3 Å². The lowest BCUT2D eigenvalue weighted by Gasteiger charge is -2.09. The number of benzene rings is 2. The van der Waals surface area contributed by atoms with Crippen LogP contribution in [0.2, 0.25) is 5.02 Å². The van der Waals surface area contributed by atoms with Crippen molar-refractivity contribution in [1.82, 2.24) is 9.97 Å². The van der Waals surface area contributed by atoms with E-state index in [2.05, 4.69) is 20.6 Å². The van der Waals surface area contributed by atoms with Crippen molar-refractivity contribution in [2.24, 2.45) is 0 Å². The molecule has 0 aliphatic carbocycles. The number of nitrogens with zero attached hydrogens (tertiary/aromatic N) is 2. The average molecular weight is 353 g/mol. The van der Waals surface area contributed by atoms with E-state index in [9.17, 15) is 4.79 Å². The fourth-order valence-electron chi connectivity index (χ4n) is 2.26. The Hall–Kier alpha value is -2.92. The van der Waals surface area contributed by atoms with Gasteiger partial charge in [0.25, 0.3) is 5.91 Å². The molecule has 5 nitrogen and oxygen atoms in total. The number of carbonyl (C=O) groups excluding carboxylic acids is 1. The summed E-state index contributed by atoms with van der Waals surface area (Å²) in [7, 11) is 0. The minimum atomic E-state index is -0.310. The molecular formula is C19H17ClN4O. The molecule has 1 aromatic heterocycles. The predicted octanol–water partition coefficient (Wildman–Crippen LogP) is 4.30. The van der Waals surface area contributed by atoms with Crippen molar-refractivity contribution in [2.75, 3.05) is 10.6 Å². The van der Waals surface area contributed by atoms with Crippen molar-refractivity contribution >= 4 is 29.1 Å². The van der Waals surface area contributed by atoms with Crippen molar-refractivity contribution in [3.63, 3.8) is 0 Å². The van der Waals surface area contributed by atoms with E-state index in [-0.39, 0.29) is 11.6 Å². The molecule has 6 heteroatoms. The summed E-state index contributed by atoms with van der Waals surface area (Å²) in [6.07, 6.45) is 1.56.